The lowest BCUT2D eigenvalue weighted by atomic mass is 9.91. The smallest absolute Gasteiger partial charge is 0.106 e. The lowest BCUT2D eigenvalue weighted by Gasteiger charge is -2.40. The number of thiocarbonyl (C=S) groups is 1. The van der Waals surface area contributed by atoms with Gasteiger partial charge in [0.1, 0.15) is 4.99 Å². The lowest BCUT2D eigenvalue weighted by molar-refractivity contribution is 0.377. The number of hydrogen-bond donors (Lipinski definition) is 1. The van der Waals surface area contributed by atoms with Crippen LogP contribution in [0.4, 0.5) is 5.69 Å². The van der Waals surface area contributed by atoms with E-state index in [9.17, 15) is 0 Å². The van der Waals surface area contributed by atoms with E-state index in [1.54, 1.807) is 0 Å². The van der Waals surface area contributed by atoms with Crippen molar-refractivity contribution >= 4 is 22.9 Å². The standard InChI is InChI=1S/C15H22N2S/c1-10-7-8-17(12(3)9-10)14-11(2)5-4-6-13(14)15(16)18/h4-6,10,12H,7-9H2,1-3H3,(H2,16,18). The van der Waals surface area contributed by atoms with Gasteiger partial charge in [0.25, 0.3) is 0 Å². The Labute approximate surface area is 115 Å². The maximum absolute atomic E-state index is 5.87. The highest BCUT2D eigenvalue weighted by Crippen LogP contribution is 2.32. The van der Waals surface area contributed by atoms with Gasteiger partial charge >= 0.3 is 0 Å². The molecule has 0 spiro atoms. The fourth-order valence-corrected chi connectivity index (χ4v) is 3.14. The Morgan fingerprint density at radius 3 is 2.72 bits per heavy atom. The van der Waals surface area contributed by atoms with Crippen molar-refractivity contribution < 1.29 is 0 Å². The van der Waals surface area contributed by atoms with Crippen molar-refractivity contribution in [2.75, 3.05) is 11.4 Å². The summed E-state index contributed by atoms with van der Waals surface area (Å²) in [6.45, 7) is 7.87. The first-order valence-corrected chi connectivity index (χ1v) is 7.07. The highest BCUT2D eigenvalue weighted by Gasteiger charge is 2.26. The number of aryl methyl sites for hydroxylation is 1. The molecule has 1 aliphatic heterocycles. The molecule has 18 heavy (non-hydrogen) atoms. The number of hydrogen-bond acceptors (Lipinski definition) is 2. The quantitative estimate of drug-likeness (QED) is 0.830. The van der Waals surface area contributed by atoms with Gasteiger partial charge < -0.3 is 10.6 Å². The first-order valence-electron chi connectivity index (χ1n) is 6.66. The van der Waals surface area contributed by atoms with Crippen molar-refractivity contribution in [3.8, 4) is 0 Å². The summed E-state index contributed by atoms with van der Waals surface area (Å²) < 4.78 is 0. The van der Waals surface area contributed by atoms with Crippen LogP contribution < -0.4 is 10.6 Å². The molecule has 3 heteroatoms. The van der Waals surface area contributed by atoms with Crippen molar-refractivity contribution in [1.29, 1.82) is 0 Å². The van der Waals surface area contributed by atoms with Gasteiger partial charge in [0.2, 0.25) is 0 Å². The lowest BCUT2D eigenvalue weighted by Crippen LogP contribution is -2.41. The highest BCUT2D eigenvalue weighted by molar-refractivity contribution is 7.80. The third kappa shape index (κ3) is 2.51. The van der Waals surface area contributed by atoms with E-state index < -0.39 is 0 Å². The molecule has 0 amide bonds. The molecule has 2 atom stereocenters. The van der Waals surface area contributed by atoms with E-state index in [0.29, 0.717) is 11.0 Å². The molecule has 0 bridgehead atoms. The number of anilines is 1. The summed E-state index contributed by atoms with van der Waals surface area (Å²) in [6, 6.07) is 6.77. The van der Waals surface area contributed by atoms with Crippen LogP contribution in [-0.2, 0) is 0 Å². The highest BCUT2D eigenvalue weighted by atomic mass is 32.1. The molecule has 1 saturated heterocycles. The van der Waals surface area contributed by atoms with Crippen LogP contribution in [0.1, 0.15) is 37.8 Å². The largest absolute Gasteiger partial charge is 0.389 e. The van der Waals surface area contributed by atoms with Crippen LogP contribution in [0.3, 0.4) is 0 Å². The van der Waals surface area contributed by atoms with Gasteiger partial charge in [0, 0.05) is 18.2 Å². The van der Waals surface area contributed by atoms with Crippen LogP contribution >= 0.6 is 12.2 Å². The number of para-hydroxylation sites is 1. The summed E-state index contributed by atoms with van der Waals surface area (Å²) in [4.78, 5) is 2.98. The maximum atomic E-state index is 5.87. The predicted molar refractivity (Wildman–Crippen MR) is 82.3 cm³/mol. The van der Waals surface area contributed by atoms with Gasteiger partial charge in [-0.15, -0.1) is 0 Å². The first kappa shape index (κ1) is 13.3. The Morgan fingerprint density at radius 2 is 2.11 bits per heavy atom. The average molecular weight is 262 g/mol. The van der Waals surface area contributed by atoms with Crippen LogP contribution in [0.15, 0.2) is 18.2 Å². The molecule has 2 unspecified atom stereocenters. The van der Waals surface area contributed by atoms with Gasteiger partial charge in [0.05, 0.1) is 5.69 Å². The Hall–Kier alpha value is -1.09. The topological polar surface area (TPSA) is 29.3 Å². The molecule has 1 heterocycles. The fraction of sp³-hybridized carbons (Fsp3) is 0.533. The molecule has 1 aromatic carbocycles. The predicted octanol–water partition coefficient (Wildman–Crippen LogP) is 3.25. The molecular formula is C15H22N2S. The number of nitrogens with zero attached hydrogens (tertiary/aromatic N) is 1. The van der Waals surface area contributed by atoms with Crippen LogP contribution in [0.25, 0.3) is 0 Å². The number of benzene rings is 1. The van der Waals surface area contributed by atoms with E-state index in [1.807, 2.05) is 12.1 Å². The molecule has 1 aliphatic rings. The van der Waals surface area contributed by atoms with Gasteiger partial charge in [-0.05, 0) is 44.2 Å². The molecule has 0 saturated carbocycles. The Bertz CT molecular complexity index is 456. The normalized spacial score (nSPS) is 24.1. The zero-order chi connectivity index (χ0) is 13.3. The second-order valence-corrected chi connectivity index (χ2v) is 5.95. The first-order chi connectivity index (χ1) is 8.50. The molecular weight excluding hydrogens is 240 g/mol. The van der Waals surface area contributed by atoms with Crippen LogP contribution in [0, 0.1) is 12.8 Å². The van der Waals surface area contributed by atoms with Gasteiger partial charge in [0.15, 0.2) is 0 Å². The molecule has 1 fully saturated rings. The number of rotatable bonds is 2. The van der Waals surface area contributed by atoms with Gasteiger partial charge in [-0.2, -0.15) is 0 Å². The monoisotopic (exact) mass is 262 g/mol. The Morgan fingerprint density at radius 1 is 1.39 bits per heavy atom. The van der Waals surface area contributed by atoms with Crippen molar-refractivity contribution in [2.24, 2.45) is 11.7 Å². The molecule has 0 aromatic heterocycles. The summed E-state index contributed by atoms with van der Waals surface area (Å²) in [5, 5.41) is 0. The summed E-state index contributed by atoms with van der Waals surface area (Å²) in [6.07, 6.45) is 2.49. The second kappa shape index (κ2) is 5.27. The van der Waals surface area contributed by atoms with E-state index >= 15 is 0 Å². The third-order valence-corrected chi connectivity index (χ3v) is 4.15. The van der Waals surface area contributed by atoms with Crippen LogP contribution in [0.5, 0.6) is 0 Å². The summed E-state index contributed by atoms with van der Waals surface area (Å²) in [5.41, 5.74) is 9.39. The van der Waals surface area contributed by atoms with E-state index in [2.05, 4.69) is 31.7 Å². The van der Waals surface area contributed by atoms with Crippen molar-refractivity contribution in [2.45, 2.75) is 39.7 Å². The minimum atomic E-state index is 0.500. The average Bonchev–Trinajstić information content (AvgIpc) is 2.29. The Kier molecular flexibility index (Phi) is 3.91. The molecule has 2 nitrogen and oxygen atoms in total. The van der Waals surface area contributed by atoms with E-state index in [-0.39, 0.29) is 0 Å². The van der Waals surface area contributed by atoms with Crippen molar-refractivity contribution in [3.63, 3.8) is 0 Å². The summed E-state index contributed by atoms with van der Waals surface area (Å²) >= 11 is 5.19. The van der Waals surface area contributed by atoms with Crippen molar-refractivity contribution in [1.82, 2.24) is 0 Å². The summed E-state index contributed by atoms with van der Waals surface area (Å²) in [7, 11) is 0. The van der Waals surface area contributed by atoms with Crippen LogP contribution in [0.2, 0.25) is 0 Å². The fourth-order valence-electron chi connectivity index (χ4n) is 2.98. The molecule has 98 valence electrons. The van der Waals surface area contributed by atoms with Gasteiger partial charge in [-0.1, -0.05) is 31.3 Å². The third-order valence-electron chi connectivity index (χ3n) is 3.93. The molecule has 0 radical (unpaired) electrons. The van der Waals surface area contributed by atoms with E-state index in [1.165, 1.54) is 24.1 Å². The minimum Gasteiger partial charge on any atom is -0.389 e. The zero-order valence-corrected chi connectivity index (χ0v) is 12.3. The minimum absolute atomic E-state index is 0.500. The molecule has 1 aromatic rings. The van der Waals surface area contributed by atoms with E-state index in [0.717, 1.165) is 18.0 Å². The SMILES string of the molecule is Cc1cccc(C(N)=S)c1N1CCC(C)CC1C. The number of piperidine rings is 1. The number of nitrogens with two attached hydrogens (primary N) is 1. The molecule has 2 rings (SSSR count). The van der Waals surface area contributed by atoms with Crippen molar-refractivity contribution in [3.05, 3.63) is 29.3 Å². The Balaban J connectivity index is 2.41. The zero-order valence-electron chi connectivity index (χ0n) is 11.4. The van der Waals surface area contributed by atoms with Gasteiger partial charge in [-0.25, -0.2) is 0 Å². The van der Waals surface area contributed by atoms with Crippen LogP contribution in [-0.4, -0.2) is 17.6 Å². The molecule has 2 N–H and O–H groups in total. The maximum Gasteiger partial charge on any atom is 0.106 e. The van der Waals surface area contributed by atoms with E-state index in [4.69, 9.17) is 18.0 Å². The molecule has 0 aliphatic carbocycles. The summed E-state index contributed by atoms with van der Waals surface area (Å²) in [5.74, 6) is 0.813. The second-order valence-electron chi connectivity index (χ2n) is 5.51. The van der Waals surface area contributed by atoms with Gasteiger partial charge in [-0.3, -0.25) is 0 Å².